The van der Waals surface area contributed by atoms with E-state index in [-0.39, 0.29) is 6.61 Å². The zero-order valence-electron chi connectivity index (χ0n) is 18.6. The maximum atomic E-state index is 14.8. The first-order valence-corrected chi connectivity index (χ1v) is 11.0. The van der Waals surface area contributed by atoms with Crippen LogP contribution in [-0.2, 0) is 11.3 Å². The third-order valence-corrected chi connectivity index (χ3v) is 5.50. The molecule has 0 saturated heterocycles. The van der Waals surface area contributed by atoms with Gasteiger partial charge in [-0.25, -0.2) is 18.0 Å². The van der Waals surface area contributed by atoms with Gasteiger partial charge >= 0.3 is 11.5 Å². The molecule has 0 fully saturated rings. The van der Waals surface area contributed by atoms with Crippen molar-refractivity contribution in [1.29, 1.82) is 0 Å². The lowest BCUT2D eigenvalue weighted by atomic mass is 10.1. The molecule has 0 unspecified atom stereocenters. The summed E-state index contributed by atoms with van der Waals surface area (Å²) in [6, 6.07) is 12.5. The van der Waals surface area contributed by atoms with Crippen molar-refractivity contribution in [2.24, 2.45) is 0 Å². The number of halogens is 6. The number of rotatable bonds is 7. The highest BCUT2D eigenvalue weighted by molar-refractivity contribution is 8.00. The first kappa shape index (κ1) is 27.1. The summed E-state index contributed by atoms with van der Waals surface area (Å²) in [4.78, 5) is 26.3. The SMILES string of the molecule is CN(C(=O)c1c(F)cccc1F)C(=O)N(COCc1ccccc1)c1ccc(SC(F)(F)F)cc1F. The number of amides is 3. The minimum atomic E-state index is -4.67. The van der Waals surface area contributed by atoms with Gasteiger partial charge < -0.3 is 4.74 Å². The average molecular weight is 528 g/mol. The molecule has 12 heteroatoms. The Balaban J connectivity index is 1.90. The number of ether oxygens (including phenoxy) is 1. The molecule has 0 atom stereocenters. The second-order valence-corrected chi connectivity index (χ2v) is 8.43. The van der Waals surface area contributed by atoms with E-state index in [9.17, 15) is 35.9 Å². The molecule has 0 spiro atoms. The molecule has 3 aromatic carbocycles. The first-order valence-electron chi connectivity index (χ1n) is 10.2. The fourth-order valence-corrected chi connectivity index (χ4v) is 3.66. The first-order chi connectivity index (χ1) is 17.0. The fraction of sp³-hybridized carbons (Fsp3) is 0.167. The second kappa shape index (κ2) is 11.5. The molecule has 190 valence electrons. The third kappa shape index (κ3) is 6.79. The van der Waals surface area contributed by atoms with Gasteiger partial charge in [-0.15, -0.1) is 0 Å². The normalized spacial score (nSPS) is 11.3. The molecule has 0 N–H and O–H groups in total. The molecular weight excluding hydrogens is 510 g/mol. The summed E-state index contributed by atoms with van der Waals surface area (Å²) in [5, 5.41) is 0. The number of anilines is 1. The number of thioether (sulfide) groups is 1. The number of nitrogens with zero attached hydrogens (tertiary/aromatic N) is 2. The van der Waals surface area contributed by atoms with Crippen molar-refractivity contribution in [2.45, 2.75) is 17.0 Å². The van der Waals surface area contributed by atoms with Crippen LogP contribution in [-0.4, -0.2) is 36.1 Å². The molecule has 0 heterocycles. The van der Waals surface area contributed by atoms with Crippen molar-refractivity contribution < 1.29 is 40.7 Å². The lowest BCUT2D eigenvalue weighted by Crippen LogP contribution is -2.46. The topological polar surface area (TPSA) is 49.9 Å². The summed E-state index contributed by atoms with van der Waals surface area (Å²) >= 11 is -0.552. The number of urea groups is 1. The van der Waals surface area contributed by atoms with E-state index < -0.39 is 69.5 Å². The van der Waals surface area contributed by atoms with Crippen LogP contribution < -0.4 is 4.90 Å². The standard InChI is InChI=1S/C24H18F6N2O3S/c1-31(22(33)21-17(25)8-5-9-18(21)26)23(34)32(14-35-13-15-6-3-2-4-7-15)20-11-10-16(12-19(20)27)36-24(28,29)30/h2-12H,13-14H2,1H3. The van der Waals surface area contributed by atoms with Crippen molar-refractivity contribution in [2.75, 3.05) is 18.7 Å². The van der Waals surface area contributed by atoms with Crippen LogP contribution in [0.15, 0.2) is 71.6 Å². The number of carbonyl (C=O) groups is 2. The third-order valence-electron chi connectivity index (χ3n) is 4.77. The minimum absolute atomic E-state index is 0.0339. The van der Waals surface area contributed by atoms with Crippen LogP contribution in [0.2, 0.25) is 0 Å². The van der Waals surface area contributed by atoms with Crippen molar-refractivity contribution in [3.05, 3.63) is 95.3 Å². The van der Waals surface area contributed by atoms with Crippen LogP contribution in [0.3, 0.4) is 0 Å². The Kier molecular flexibility index (Phi) is 8.64. The summed E-state index contributed by atoms with van der Waals surface area (Å²) in [6.45, 7) is -0.665. The van der Waals surface area contributed by atoms with Gasteiger partial charge in [0.05, 0.1) is 12.3 Å². The number of alkyl halides is 3. The zero-order valence-corrected chi connectivity index (χ0v) is 19.4. The van der Waals surface area contributed by atoms with Gasteiger partial charge in [0, 0.05) is 11.9 Å². The van der Waals surface area contributed by atoms with Gasteiger partial charge in [-0.2, -0.15) is 13.2 Å². The summed E-state index contributed by atoms with van der Waals surface area (Å²) in [7, 11) is 0.923. The number of benzene rings is 3. The minimum Gasteiger partial charge on any atom is -0.356 e. The quantitative estimate of drug-likeness (QED) is 0.197. The van der Waals surface area contributed by atoms with E-state index in [2.05, 4.69) is 0 Å². The second-order valence-electron chi connectivity index (χ2n) is 7.30. The zero-order chi connectivity index (χ0) is 26.5. The molecular formula is C24H18F6N2O3S. The van der Waals surface area contributed by atoms with Gasteiger partial charge in [-0.1, -0.05) is 36.4 Å². The Morgan fingerprint density at radius 2 is 1.53 bits per heavy atom. The van der Waals surface area contributed by atoms with E-state index in [0.717, 1.165) is 37.4 Å². The predicted octanol–water partition coefficient (Wildman–Crippen LogP) is 6.59. The lowest BCUT2D eigenvalue weighted by Gasteiger charge is -2.28. The van der Waals surface area contributed by atoms with Gasteiger partial charge in [0.2, 0.25) is 0 Å². The summed E-state index contributed by atoms with van der Waals surface area (Å²) in [5.74, 6) is -5.00. The van der Waals surface area contributed by atoms with E-state index in [1.807, 2.05) is 0 Å². The maximum absolute atomic E-state index is 14.8. The smallest absolute Gasteiger partial charge is 0.356 e. The number of imide groups is 1. The highest BCUT2D eigenvalue weighted by Gasteiger charge is 2.32. The van der Waals surface area contributed by atoms with Gasteiger partial charge in [-0.3, -0.25) is 14.6 Å². The van der Waals surface area contributed by atoms with Crippen LogP contribution in [0.1, 0.15) is 15.9 Å². The molecule has 0 bridgehead atoms. The van der Waals surface area contributed by atoms with E-state index >= 15 is 0 Å². The fourth-order valence-electron chi connectivity index (χ4n) is 3.10. The molecule has 0 aliphatic carbocycles. The molecule has 5 nitrogen and oxygen atoms in total. The van der Waals surface area contributed by atoms with Crippen LogP contribution in [0, 0.1) is 17.5 Å². The number of hydrogen-bond donors (Lipinski definition) is 0. The van der Waals surface area contributed by atoms with Crippen molar-refractivity contribution in [1.82, 2.24) is 4.90 Å². The number of carbonyl (C=O) groups excluding carboxylic acids is 2. The Morgan fingerprint density at radius 3 is 2.11 bits per heavy atom. The Labute approximate surface area is 206 Å². The Morgan fingerprint density at radius 1 is 0.889 bits per heavy atom. The average Bonchev–Trinajstić information content (AvgIpc) is 2.81. The summed E-state index contributed by atoms with van der Waals surface area (Å²) in [5.41, 5.74) is -5.48. The highest BCUT2D eigenvalue weighted by Crippen LogP contribution is 2.38. The Hall–Kier alpha value is -3.51. The molecule has 0 aromatic heterocycles. The summed E-state index contributed by atoms with van der Waals surface area (Å²) < 4.78 is 86.5. The molecule has 0 radical (unpaired) electrons. The highest BCUT2D eigenvalue weighted by atomic mass is 32.2. The molecule has 3 rings (SSSR count). The molecule has 3 aromatic rings. The molecule has 3 amide bonds. The van der Waals surface area contributed by atoms with Crippen molar-refractivity contribution in [3.63, 3.8) is 0 Å². The van der Waals surface area contributed by atoms with Crippen molar-refractivity contribution >= 4 is 29.4 Å². The molecule has 0 saturated carbocycles. The lowest BCUT2D eigenvalue weighted by molar-refractivity contribution is -0.0328. The van der Waals surface area contributed by atoms with Gasteiger partial charge in [0.25, 0.3) is 5.91 Å². The van der Waals surface area contributed by atoms with Gasteiger partial charge in [-0.05, 0) is 47.7 Å². The Bertz CT molecular complexity index is 1220. The van der Waals surface area contributed by atoms with E-state index in [4.69, 9.17) is 4.74 Å². The molecule has 36 heavy (non-hydrogen) atoms. The maximum Gasteiger partial charge on any atom is 0.446 e. The molecule has 0 aliphatic rings. The molecule has 0 aliphatic heterocycles. The monoisotopic (exact) mass is 528 g/mol. The largest absolute Gasteiger partial charge is 0.446 e. The van der Waals surface area contributed by atoms with Gasteiger partial charge in [0.15, 0.2) is 0 Å². The van der Waals surface area contributed by atoms with Crippen LogP contribution in [0.4, 0.5) is 36.8 Å². The summed E-state index contributed by atoms with van der Waals surface area (Å²) in [6.07, 6.45) is 0. The van der Waals surface area contributed by atoms with Crippen LogP contribution in [0.25, 0.3) is 0 Å². The predicted molar refractivity (Wildman–Crippen MR) is 121 cm³/mol. The van der Waals surface area contributed by atoms with Crippen LogP contribution in [0.5, 0.6) is 0 Å². The van der Waals surface area contributed by atoms with Gasteiger partial charge in [0.1, 0.15) is 29.7 Å². The van der Waals surface area contributed by atoms with E-state index in [1.54, 1.807) is 30.3 Å². The van der Waals surface area contributed by atoms with E-state index in [0.29, 0.717) is 21.4 Å². The van der Waals surface area contributed by atoms with Crippen LogP contribution >= 0.6 is 11.8 Å². The number of hydrogen-bond acceptors (Lipinski definition) is 4. The van der Waals surface area contributed by atoms with E-state index in [1.165, 1.54) is 0 Å². The van der Waals surface area contributed by atoms with Crippen molar-refractivity contribution in [3.8, 4) is 0 Å².